The van der Waals surface area contributed by atoms with E-state index in [-0.39, 0.29) is 11.8 Å². The number of hydrogen-bond acceptors (Lipinski definition) is 3. The van der Waals surface area contributed by atoms with E-state index in [1.807, 2.05) is 30.3 Å². The Hall–Kier alpha value is -1.39. The fraction of sp³-hybridized carbons (Fsp3) is 0.462. The molecule has 0 radical (unpaired) electrons. The van der Waals surface area contributed by atoms with Gasteiger partial charge >= 0.3 is 0 Å². The van der Waals surface area contributed by atoms with Crippen molar-refractivity contribution in [1.82, 2.24) is 10.8 Å². The van der Waals surface area contributed by atoms with Gasteiger partial charge in [0.05, 0.1) is 12.5 Å². The highest BCUT2D eigenvalue weighted by Crippen LogP contribution is 2.09. The molecule has 1 aliphatic rings. The summed E-state index contributed by atoms with van der Waals surface area (Å²) in [7, 11) is 0. The van der Waals surface area contributed by atoms with Gasteiger partial charge in [0.25, 0.3) is 0 Å². The van der Waals surface area contributed by atoms with Crippen molar-refractivity contribution < 1.29 is 9.63 Å². The summed E-state index contributed by atoms with van der Waals surface area (Å²) in [5, 5.41) is 3.21. The van der Waals surface area contributed by atoms with Gasteiger partial charge in [0, 0.05) is 6.54 Å². The van der Waals surface area contributed by atoms with E-state index in [0.29, 0.717) is 6.61 Å². The molecule has 4 nitrogen and oxygen atoms in total. The van der Waals surface area contributed by atoms with Gasteiger partial charge in [-0.05, 0) is 24.9 Å². The number of hydroxylamine groups is 1. The Morgan fingerprint density at radius 3 is 2.94 bits per heavy atom. The number of nitrogens with one attached hydrogen (secondary N) is 2. The minimum Gasteiger partial charge on any atom is -0.316 e. The lowest BCUT2D eigenvalue weighted by Crippen LogP contribution is -2.40. The van der Waals surface area contributed by atoms with E-state index in [4.69, 9.17) is 4.84 Å². The molecule has 1 fully saturated rings. The number of piperidine rings is 1. The highest BCUT2D eigenvalue weighted by molar-refractivity contribution is 5.77. The van der Waals surface area contributed by atoms with E-state index >= 15 is 0 Å². The van der Waals surface area contributed by atoms with Gasteiger partial charge in [0.15, 0.2) is 0 Å². The summed E-state index contributed by atoms with van der Waals surface area (Å²) in [6.45, 7) is 2.17. The first-order valence-corrected chi connectivity index (χ1v) is 6.02. The number of carbonyl (C=O) groups is 1. The van der Waals surface area contributed by atoms with Gasteiger partial charge in [-0.1, -0.05) is 30.3 Å². The molecule has 0 spiro atoms. The number of rotatable bonds is 4. The normalized spacial score (nSPS) is 19.9. The molecule has 92 valence electrons. The molecule has 2 N–H and O–H groups in total. The average Bonchev–Trinajstić information content (AvgIpc) is 2.41. The quantitative estimate of drug-likeness (QED) is 0.770. The molecule has 0 saturated carbocycles. The second-order valence-electron chi connectivity index (χ2n) is 4.28. The van der Waals surface area contributed by atoms with Crippen molar-refractivity contribution in [3.63, 3.8) is 0 Å². The smallest absolute Gasteiger partial charge is 0.247 e. The minimum atomic E-state index is -0.0202. The molecule has 1 aliphatic heterocycles. The zero-order valence-corrected chi connectivity index (χ0v) is 9.82. The standard InChI is InChI=1S/C13H18N2O2/c16-13(12-7-4-8-14-9-12)15-17-10-11-5-2-1-3-6-11/h1-3,5-6,12,14H,4,7-10H2,(H,15,16)/t12-/m0/s1. The third-order valence-electron chi connectivity index (χ3n) is 2.92. The maximum Gasteiger partial charge on any atom is 0.247 e. The van der Waals surface area contributed by atoms with Crippen LogP contribution in [0.2, 0.25) is 0 Å². The van der Waals surface area contributed by atoms with E-state index in [9.17, 15) is 4.79 Å². The molecule has 0 bridgehead atoms. The first kappa shape index (κ1) is 12.1. The van der Waals surface area contributed by atoms with Crippen LogP contribution in [0.5, 0.6) is 0 Å². The lowest BCUT2D eigenvalue weighted by atomic mass is 9.99. The third-order valence-corrected chi connectivity index (χ3v) is 2.92. The number of carbonyl (C=O) groups excluding carboxylic acids is 1. The van der Waals surface area contributed by atoms with Gasteiger partial charge in [-0.2, -0.15) is 0 Å². The summed E-state index contributed by atoms with van der Waals surface area (Å²) in [6.07, 6.45) is 1.99. The maximum absolute atomic E-state index is 11.7. The molecule has 4 heteroatoms. The van der Waals surface area contributed by atoms with Gasteiger partial charge in [-0.15, -0.1) is 0 Å². The van der Waals surface area contributed by atoms with Gasteiger partial charge in [0.2, 0.25) is 5.91 Å². The zero-order chi connectivity index (χ0) is 11.9. The molecule has 0 aliphatic carbocycles. The van der Waals surface area contributed by atoms with Crippen molar-refractivity contribution in [2.45, 2.75) is 19.4 Å². The highest BCUT2D eigenvalue weighted by atomic mass is 16.6. The summed E-state index contributed by atoms with van der Waals surface area (Å²) >= 11 is 0. The Morgan fingerprint density at radius 2 is 2.24 bits per heavy atom. The van der Waals surface area contributed by atoms with Crippen LogP contribution >= 0.6 is 0 Å². The Morgan fingerprint density at radius 1 is 1.41 bits per heavy atom. The highest BCUT2D eigenvalue weighted by Gasteiger charge is 2.20. The molecule has 1 saturated heterocycles. The van der Waals surface area contributed by atoms with Crippen molar-refractivity contribution in [2.24, 2.45) is 5.92 Å². The van der Waals surface area contributed by atoms with Gasteiger partial charge < -0.3 is 5.32 Å². The molecule has 1 atom stereocenters. The van der Waals surface area contributed by atoms with Gasteiger partial charge in [0.1, 0.15) is 0 Å². The fourth-order valence-electron chi connectivity index (χ4n) is 1.92. The van der Waals surface area contributed by atoms with Crippen LogP contribution in [0.15, 0.2) is 30.3 Å². The summed E-state index contributed by atoms with van der Waals surface area (Å²) in [4.78, 5) is 16.9. The maximum atomic E-state index is 11.7. The van der Waals surface area contributed by atoms with E-state index in [2.05, 4.69) is 10.8 Å². The first-order chi connectivity index (χ1) is 8.36. The molecule has 1 amide bonds. The Kier molecular flexibility index (Phi) is 4.53. The van der Waals surface area contributed by atoms with Crippen molar-refractivity contribution in [2.75, 3.05) is 13.1 Å². The average molecular weight is 234 g/mol. The van der Waals surface area contributed by atoms with Crippen molar-refractivity contribution >= 4 is 5.91 Å². The minimum absolute atomic E-state index is 0.0202. The lowest BCUT2D eigenvalue weighted by Gasteiger charge is -2.21. The van der Waals surface area contributed by atoms with Crippen molar-refractivity contribution in [3.8, 4) is 0 Å². The van der Waals surface area contributed by atoms with Crippen molar-refractivity contribution in [3.05, 3.63) is 35.9 Å². The van der Waals surface area contributed by atoms with Crippen LogP contribution in [0.25, 0.3) is 0 Å². The van der Waals surface area contributed by atoms with Gasteiger partial charge in [-0.25, -0.2) is 5.48 Å². The molecule has 0 unspecified atom stereocenters. The summed E-state index contributed by atoms with van der Waals surface area (Å²) in [6, 6.07) is 9.79. The molecule has 1 aromatic rings. The van der Waals surface area contributed by atoms with Crippen LogP contribution in [-0.4, -0.2) is 19.0 Å². The molecule has 1 aromatic carbocycles. The summed E-state index contributed by atoms with van der Waals surface area (Å²) in [5.74, 6) is 0.0210. The number of benzene rings is 1. The number of hydrogen-bond donors (Lipinski definition) is 2. The Bertz CT molecular complexity index is 348. The molecule has 17 heavy (non-hydrogen) atoms. The zero-order valence-electron chi connectivity index (χ0n) is 9.82. The van der Waals surface area contributed by atoms with Crippen LogP contribution in [0.1, 0.15) is 18.4 Å². The van der Waals surface area contributed by atoms with Crippen LogP contribution in [0, 0.1) is 5.92 Å². The molecular formula is C13H18N2O2. The molecular weight excluding hydrogens is 216 g/mol. The largest absolute Gasteiger partial charge is 0.316 e. The van der Waals surface area contributed by atoms with E-state index in [0.717, 1.165) is 31.5 Å². The summed E-state index contributed by atoms with van der Waals surface area (Å²) < 4.78 is 0. The van der Waals surface area contributed by atoms with Gasteiger partial charge in [-0.3, -0.25) is 9.63 Å². The monoisotopic (exact) mass is 234 g/mol. The van der Waals surface area contributed by atoms with Crippen LogP contribution < -0.4 is 10.8 Å². The summed E-state index contributed by atoms with van der Waals surface area (Å²) in [5.41, 5.74) is 3.57. The Labute approximate surface area is 101 Å². The van der Waals surface area contributed by atoms with Crippen LogP contribution in [0.3, 0.4) is 0 Å². The fourth-order valence-corrected chi connectivity index (χ4v) is 1.92. The second-order valence-corrected chi connectivity index (χ2v) is 4.28. The lowest BCUT2D eigenvalue weighted by molar-refractivity contribution is -0.139. The molecule has 0 aromatic heterocycles. The predicted octanol–water partition coefficient (Wildman–Crippen LogP) is 1.23. The van der Waals surface area contributed by atoms with Crippen LogP contribution in [0.4, 0.5) is 0 Å². The van der Waals surface area contributed by atoms with E-state index < -0.39 is 0 Å². The van der Waals surface area contributed by atoms with Crippen LogP contribution in [-0.2, 0) is 16.2 Å². The van der Waals surface area contributed by atoms with E-state index in [1.54, 1.807) is 0 Å². The third kappa shape index (κ3) is 3.84. The van der Waals surface area contributed by atoms with Crippen molar-refractivity contribution in [1.29, 1.82) is 0 Å². The van der Waals surface area contributed by atoms with E-state index in [1.165, 1.54) is 0 Å². The molecule has 2 rings (SSSR count). The number of amides is 1. The second kappa shape index (κ2) is 6.37. The predicted molar refractivity (Wildman–Crippen MR) is 65.0 cm³/mol. The topological polar surface area (TPSA) is 50.4 Å². The first-order valence-electron chi connectivity index (χ1n) is 6.02. The SMILES string of the molecule is O=C(NOCc1ccccc1)[C@H]1CCCNC1. The Balaban J connectivity index is 1.69. The molecule has 1 heterocycles.